The quantitative estimate of drug-likeness (QED) is 0.449. The van der Waals surface area contributed by atoms with Crippen molar-refractivity contribution in [2.75, 3.05) is 17.2 Å². The lowest BCUT2D eigenvalue weighted by Crippen LogP contribution is -2.21. The van der Waals surface area contributed by atoms with Gasteiger partial charge in [-0.2, -0.15) is 13.2 Å². The topological polar surface area (TPSA) is 80.3 Å². The maximum absolute atomic E-state index is 12.9. The lowest BCUT2D eigenvalue weighted by atomic mass is 10.2. The second-order valence-corrected chi connectivity index (χ2v) is 7.15. The maximum atomic E-state index is 12.9. The molecule has 1 aromatic heterocycles. The smallest absolute Gasteiger partial charge is 0.416 e. The van der Waals surface area contributed by atoms with Crippen molar-refractivity contribution in [1.29, 1.82) is 0 Å². The van der Waals surface area contributed by atoms with E-state index >= 15 is 0 Å². The number of anilines is 3. The SMILES string of the molecule is O=C(COC(=O)c1cccnc1Nc1cccc(C(F)(F)F)c1)Nc1cccc(Br)c1. The van der Waals surface area contributed by atoms with Crippen LogP contribution in [0.1, 0.15) is 15.9 Å². The number of pyridine rings is 1. The number of hydrogen-bond acceptors (Lipinski definition) is 5. The van der Waals surface area contributed by atoms with E-state index in [1.807, 2.05) is 0 Å². The summed E-state index contributed by atoms with van der Waals surface area (Å²) in [6.45, 7) is -0.552. The molecule has 3 rings (SSSR count). The summed E-state index contributed by atoms with van der Waals surface area (Å²) in [5.41, 5.74) is -0.268. The van der Waals surface area contributed by atoms with E-state index in [-0.39, 0.29) is 17.1 Å². The lowest BCUT2D eigenvalue weighted by Gasteiger charge is -2.13. The fraction of sp³-hybridized carbons (Fsp3) is 0.0952. The van der Waals surface area contributed by atoms with Gasteiger partial charge in [0.25, 0.3) is 5.91 Å². The maximum Gasteiger partial charge on any atom is 0.416 e. The molecule has 0 unspecified atom stereocenters. The third kappa shape index (κ3) is 6.29. The summed E-state index contributed by atoms with van der Waals surface area (Å²) >= 11 is 3.28. The van der Waals surface area contributed by atoms with Crippen LogP contribution in [0.3, 0.4) is 0 Å². The third-order valence-electron chi connectivity index (χ3n) is 3.92. The molecule has 3 aromatic rings. The molecule has 1 amide bonds. The van der Waals surface area contributed by atoms with Crippen molar-refractivity contribution in [1.82, 2.24) is 4.98 Å². The second kappa shape index (κ2) is 9.61. The minimum Gasteiger partial charge on any atom is -0.452 e. The molecule has 0 fully saturated rings. The predicted octanol–water partition coefficient (Wildman–Crippen LogP) is 5.40. The number of carbonyl (C=O) groups is 2. The summed E-state index contributed by atoms with van der Waals surface area (Å²) in [5, 5.41) is 5.26. The fourth-order valence-corrected chi connectivity index (χ4v) is 2.95. The minimum absolute atomic E-state index is 0.000720. The molecule has 2 N–H and O–H groups in total. The van der Waals surface area contributed by atoms with Gasteiger partial charge in [-0.1, -0.05) is 28.1 Å². The summed E-state index contributed by atoms with van der Waals surface area (Å²) < 4.78 is 44.5. The van der Waals surface area contributed by atoms with Gasteiger partial charge in [0, 0.05) is 22.0 Å². The number of rotatable bonds is 6. The molecule has 0 aliphatic carbocycles. The van der Waals surface area contributed by atoms with Crippen molar-refractivity contribution in [3.63, 3.8) is 0 Å². The zero-order valence-corrected chi connectivity index (χ0v) is 17.3. The van der Waals surface area contributed by atoms with Crippen molar-refractivity contribution in [2.24, 2.45) is 0 Å². The van der Waals surface area contributed by atoms with E-state index in [9.17, 15) is 22.8 Å². The lowest BCUT2D eigenvalue weighted by molar-refractivity contribution is -0.137. The number of alkyl halides is 3. The number of carbonyl (C=O) groups excluding carboxylic acids is 2. The average molecular weight is 494 g/mol. The van der Waals surface area contributed by atoms with Gasteiger partial charge in [-0.3, -0.25) is 4.79 Å². The van der Waals surface area contributed by atoms with Crippen LogP contribution in [-0.2, 0) is 15.7 Å². The standard InChI is InChI=1S/C21H15BrF3N3O3/c22-14-5-2-7-16(11-14)27-18(29)12-31-20(30)17-8-3-9-26-19(17)28-15-6-1-4-13(10-15)21(23,24)25/h1-11H,12H2,(H,26,28)(H,27,29). The minimum atomic E-state index is -4.51. The van der Waals surface area contributed by atoms with Crippen molar-refractivity contribution < 1.29 is 27.5 Å². The van der Waals surface area contributed by atoms with Crippen molar-refractivity contribution >= 4 is 45.0 Å². The molecule has 0 spiro atoms. The Bertz CT molecular complexity index is 1110. The van der Waals surface area contributed by atoms with Crippen LogP contribution in [0.15, 0.2) is 71.3 Å². The molecule has 6 nitrogen and oxygen atoms in total. The Hall–Kier alpha value is -3.40. The van der Waals surface area contributed by atoms with Crippen LogP contribution in [0.25, 0.3) is 0 Å². The highest BCUT2D eigenvalue weighted by Gasteiger charge is 2.30. The molecule has 160 valence electrons. The number of benzene rings is 2. The Kier molecular flexibility index (Phi) is 6.91. The van der Waals surface area contributed by atoms with E-state index in [1.54, 1.807) is 24.3 Å². The Morgan fingerprint density at radius 2 is 1.74 bits per heavy atom. The van der Waals surface area contributed by atoms with Crippen LogP contribution in [-0.4, -0.2) is 23.5 Å². The van der Waals surface area contributed by atoms with Gasteiger partial charge in [0.2, 0.25) is 0 Å². The largest absolute Gasteiger partial charge is 0.452 e. The summed E-state index contributed by atoms with van der Waals surface area (Å²) in [6, 6.07) is 14.2. The van der Waals surface area contributed by atoms with E-state index in [1.165, 1.54) is 30.5 Å². The van der Waals surface area contributed by atoms with E-state index in [0.717, 1.165) is 16.6 Å². The van der Waals surface area contributed by atoms with Crippen LogP contribution < -0.4 is 10.6 Å². The molecule has 0 saturated carbocycles. The highest BCUT2D eigenvalue weighted by Crippen LogP contribution is 2.31. The zero-order chi connectivity index (χ0) is 22.4. The normalized spacial score (nSPS) is 11.0. The Morgan fingerprint density at radius 1 is 1.00 bits per heavy atom. The van der Waals surface area contributed by atoms with E-state index in [4.69, 9.17) is 4.74 Å². The summed E-state index contributed by atoms with van der Waals surface area (Å²) in [4.78, 5) is 28.4. The first kappa shape index (κ1) is 22.3. The molecule has 2 aromatic carbocycles. The molecule has 1 heterocycles. The second-order valence-electron chi connectivity index (χ2n) is 6.24. The Morgan fingerprint density at radius 3 is 2.48 bits per heavy atom. The molecule has 0 aliphatic heterocycles. The number of nitrogens with zero attached hydrogens (tertiary/aromatic N) is 1. The molecule has 10 heteroatoms. The van der Waals surface area contributed by atoms with Gasteiger partial charge in [0.1, 0.15) is 11.4 Å². The number of nitrogens with one attached hydrogen (secondary N) is 2. The molecule has 0 atom stereocenters. The first-order valence-corrected chi connectivity index (χ1v) is 9.63. The number of hydrogen-bond donors (Lipinski definition) is 2. The van der Waals surface area contributed by atoms with Crippen LogP contribution in [0, 0.1) is 0 Å². The number of ether oxygens (including phenoxy) is 1. The van der Waals surface area contributed by atoms with Crippen LogP contribution in [0.4, 0.5) is 30.4 Å². The van der Waals surface area contributed by atoms with Crippen LogP contribution in [0.5, 0.6) is 0 Å². The summed E-state index contributed by atoms with van der Waals surface area (Å²) in [7, 11) is 0. The van der Waals surface area contributed by atoms with Gasteiger partial charge in [0.15, 0.2) is 6.61 Å². The predicted molar refractivity (Wildman–Crippen MR) is 112 cm³/mol. The third-order valence-corrected chi connectivity index (χ3v) is 4.42. The highest BCUT2D eigenvalue weighted by atomic mass is 79.9. The van der Waals surface area contributed by atoms with Gasteiger partial charge in [-0.05, 0) is 48.5 Å². The number of halogens is 4. The first-order chi connectivity index (χ1) is 14.7. The van der Waals surface area contributed by atoms with Gasteiger partial charge in [0.05, 0.1) is 5.56 Å². The fourth-order valence-electron chi connectivity index (χ4n) is 2.55. The molecule has 0 radical (unpaired) electrons. The Labute approximate surface area is 183 Å². The summed E-state index contributed by atoms with van der Waals surface area (Å²) in [6.07, 6.45) is -3.14. The number of esters is 1. The Balaban J connectivity index is 1.67. The monoisotopic (exact) mass is 493 g/mol. The van der Waals surface area contributed by atoms with E-state index in [0.29, 0.717) is 5.69 Å². The molecule has 31 heavy (non-hydrogen) atoms. The zero-order valence-electron chi connectivity index (χ0n) is 15.7. The van der Waals surface area contributed by atoms with Crippen LogP contribution in [0.2, 0.25) is 0 Å². The van der Waals surface area contributed by atoms with Gasteiger partial charge >= 0.3 is 12.1 Å². The van der Waals surface area contributed by atoms with Crippen molar-refractivity contribution in [3.05, 3.63) is 82.5 Å². The van der Waals surface area contributed by atoms with Gasteiger partial charge in [-0.25, -0.2) is 9.78 Å². The summed E-state index contributed by atoms with van der Waals surface area (Å²) in [5.74, 6) is -1.41. The molecule has 0 aliphatic rings. The molecular weight excluding hydrogens is 479 g/mol. The molecule has 0 bridgehead atoms. The molecule has 0 saturated heterocycles. The number of amides is 1. The number of aromatic nitrogens is 1. The first-order valence-electron chi connectivity index (χ1n) is 8.84. The van der Waals surface area contributed by atoms with Crippen LogP contribution >= 0.6 is 15.9 Å². The van der Waals surface area contributed by atoms with Gasteiger partial charge in [-0.15, -0.1) is 0 Å². The van der Waals surface area contributed by atoms with E-state index in [2.05, 4.69) is 31.5 Å². The average Bonchev–Trinajstić information content (AvgIpc) is 2.72. The highest BCUT2D eigenvalue weighted by molar-refractivity contribution is 9.10. The van der Waals surface area contributed by atoms with Crippen molar-refractivity contribution in [2.45, 2.75) is 6.18 Å². The van der Waals surface area contributed by atoms with Gasteiger partial charge < -0.3 is 15.4 Å². The van der Waals surface area contributed by atoms with Crippen molar-refractivity contribution in [3.8, 4) is 0 Å². The van der Waals surface area contributed by atoms with E-state index < -0.39 is 30.2 Å². The molecular formula is C21H15BrF3N3O3.